The number of carbonyl (C=O) groups is 1. The average molecular weight is 267 g/mol. The second-order valence-corrected chi connectivity index (χ2v) is 6.07. The van der Waals surface area contributed by atoms with Crippen LogP contribution in [-0.4, -0.2) is 54.5 Å². The molecule has 2 rings (SSSR count). The number of likely N-dealkylation sites (tertiary alicyclic amines) is 2. The van der Waals surface area contributed by atoms with E-state index in [0.29, 0.717) is 18.9 Å². The standard InChI is InChI=1S/C15H29N3O/c1-2-13-5-9-17(10-6-13)14(12-16)11-15(19)18-7-3-4-8-18/h13-14H,2-12,16H2,1H3. The Kier molecular flexibility index (Phi) is 5.64. The Morgan fingerprint density at radius 2 is 1.84 bits per heavy atom. The molecule has 0 spiro atoms. The summed E-state index contributed by atoms with van der Waals surface area (Å²) in [6, 6.07) is 0.255. The number of piperidine rings is 1. The third-order valence-corrected chi connectivity index (χ3v) is 4.88. The number of hydrogen-bond donors (Lipinski definition) is 1. The van der Waals surface area contributed by atoms with Crippen molar-refractivity contribution < 1.29 is 4.79 Å². The summed E-state index contributed by atoms with van der Waals surface area (Å²) in [5.41, 5.74) is 5.91. The molecule has 1 unspecified atom stereocenters. The Hall–Kier alpha value is -0.610. The molecule has 4 nitrogen and oxygen atoms in total. The van der Waals surface area contributed by atoms with Gasteiger partial charge in [-0.2, -0.15) is 0 Å². The summed E-state index contributed by atoms with van der Waals surface area (Å²) in [5.74, 6) is 1.19. The van der Waals surface area contributed by atoms with Crippen LogP contribution in [0.1, 0.15) is 45.4 Å². The molecule has 110 valence electrons. The molecular formula is C15H29N3O. The van der Waals surface area contributed by atoms with Crippen LogP contribution in [0.25, 0.3) is 0 Å². The van der Waals surface area contributed by atoms with E-state index in [-0.39, 0.29) is 6.04 Å². The number of hydrogen-bond acceptors (Lipinski definition) is 3. The Labute approximate surface area is 117 Å². The predicted molar refractivity (Wildman–Crippen MR) is 77.9 cm³/mol. The van der Waals surface area contributed by atoms with Crippen molar-refractivity contribution in [2.24, 2.45) is 11.7 Å². The molecule has 0 radical (unpaired) electrons. The van der Waals surface area contributed by atoms with Crippen LogP contribution >= 0.6 is 0 Å². The van der Waals surface area contributed by atoms with E-state index in [2.05, 4.69) is 11.8 Å². The fourth-order valence-corrected chi connectivity index (χ4v) is 3.39. The van der Waals surface area contributed by atoms with Crippen LogP contribution in [0.5, 0.6) is 0 Å². The van der Waals surface area contributed by atoms with E-state index in [1.165, 1.54) is 32.1 Å². The number of carbonyl (C=O) groups excluding carboxylic acids is 1. The molecule has 2 N–H and O–H groups in total. The molecule has 0 saturated carbocycles. The maximum atomic E-state index is 12.2. The van der Waals surface area contributed by atoms with Gasteiger partial charge < -0.3 is 10.6 Å². The zero-order valence-electron chi connectivity index (χ0n) is 12.3. The fraction of sp³-hybridized carbons (Fsp3) is 0.933. The first-order valence-electron chi connectivity index (χ1n) is 7.96. The van der Waals surface area contributed by atoms with Crippen molar-refractivity contribution in [1.29, 1.82) is 0 Å². The quantitative estimate of drug-likeness (QED) is 0.820. The van der Waals surface area contributed by atoms with E-state index in [4.69, 9.17) is 5.73 Å². The van der Waals surface area contributed by atoms with Crippen molar-refractivity contribution in [1.82, 2.24) is 9.80 Å². The molecule has 2 fully saturated rings. The SMILES string of the molecule is CCC1CCN(C(CN)CC(=O)N2CCCC2)CC1. The molecule has 1 atom stereocenters. The molecule has 2 heterocycles. The third-order valence-electron chi connectivity index (χ3n) is 4.88. The van der Waals surface area contributed by atoms with Crippen LogP contribution in [0.3, 0.4) is 0 Å². The Balaban J connectivity index is 1.81. The molecule has 2 saturated heterocycles. The summed E-state index contributed by atoms with van der Waals surface area (Å²) in [4.78, 5) is 16.7. The largest absolute Gasteiger partial charge is 0.343 e. The number of amides is 1. The van der Waals surface area contributed by atoms with E-state index in [9.17, 15) is 4.79 Å². The van der Waals surface area contributed by atoms with Crippen molar-refractivity contribution in [3.63, 3.8) is 0 Å². The van der Waals surface area contributed by atoms with E-state index in [0.717, 1.165) is 32.1 Å². The zero-order valence-corrected chi connectivity index (χ0v) is 12.3. The highest BCUT2D eigenvalue weighted by molar-refractivity contribution is 5.77. The topological polar surface area (TPSA) is 49.6 Å². The first-order chi connectivity index (χ1) is 9.24. The van der Waals surface area contributed by atoms with Gasteiger partial charge in [-0.25, -0.2) is 0 Å². The lowest BCUT2D eigenvalue weighted by molar-refractivity contribution is -0.131. The van der Waals surface area contributed by atoms with Gasteiger partial charge in [-0.3, -0.25) is 9.69 Å². The lowest BCUT2D eigenvalue weighted by Gasteiger charge is -2.37. The minimum Gasteiger partial charge on any atom is -0.343 e. The molecule has 2 aliphatic rings. The highest BCUT2D eigenvalue weighted by Crippen LogP contribution is 2.22. The molecule has 0 aromatic carbocycles. The van der Waals surface area contributed by atoms with Crippen LogP contribution in [-0.2, 0) is 4.79 Å². The lowest BCUT2D eigenvalue weighted by atomic mass is 9.93. The molecule has 0 bridgehead atoms. The Morgan fingerprint density at radius 3 is 2.37 bits per heavy atom. The van der Waals surface area contributed by atoms with Gasteiger partial charge in [0.15, 0.2) is 0 Å². The Morgan fingerprint density at radius 1 is 1.21 bits per heavy atom. The van der Waals surface area contributed by atoms with Gasteiger partial charge in [-0.15, -0.1) is 0 Å². The van der Waals surface area contributed by atoms with Gasteiger partial charge in [0.2, 0.25) is 5.91 Å². The normalized spacial score (nSPS) is 23.8. The summed E-state index contributed by atoms with van der Waals surface area (Å²) in [6.45, 7) is 7.03. The summed E-state index contributed by atoms with van der Waals surface area (Å²) in [5, 5.41) is 0. The van der Waals surface area contributed by atoms with Gasteiger partial charge >= 0.3 is 0 Å². The summed E-state index contributed by atoms with van der Waals surface area (Å²) >= 11 is 0. The molecule has 2 aliphatic heterocycles. The van der Waals surface area contributed by atoms with E-state index >= 15 is 0 Å². The maximum Gasteiger partial charge on any atom is 0.224 e. The molecule has 0 aliphatic carbocycles. The predicted octanol–water partition coefficient (Wildman–Crippen LogP) is 1.45. The zero-order chi connectivity index (χ0) is 13.7. The van der Waals surface area contributed by atoms with Crippen molar-refractivity contribution in [2.45, 2.75) is 51.5 Å². The van der Waals surface area contributed by atoms with Crippen LogP contribution < -0.4 is 5.73 Å². The van der Waals surface area contributed by atoms with Gasteiger partial charge in [0.05, 0.1) is 0 Å². The van der Waals surface area contributed by atoms with Crippen LogP contribution in [0.15, 0.2) is 0 Å². The smallest absolute Gasteiger partial charge is 0.224 e. The van der Waals surface area contributed by atoms with Crippen molar-refractivity contribution in [3.8, 4) is 0 Å². The monoisotopic (exact) mass is 267 g/mol. The summed E-state index contributed by atoms with van der Waals surface area (Å²) < 4.78 is 0. The minimum atomic E-state index is 0.255. The third kappa shape index (κ3) is 3.93. The second kappa shape index (κ2) is 7.25. The summed E-state index contributed by atoms with van der Waals surface area (Å²) in [6.07, 6.45) is 6.78. The van der Waals surface area contributed by atoms with Crippen LogP contribution in [0.2, 0.25) is 0 Å². The first-order valence-corrected chi connectivity index (χ1v) is 7.96. The Bertz CT molecular complexity index is 281. The fourth-order valence-electron chi connectivity index (χ4n) is 3.39. The van der Waals surface area contributed by atoms with E-state index < -0.39 is 0 Å². The van der Waals surface area contributed by atoms with Crippen molar-refractivity contribution in [3.05, 3.63) is 0 Å². The van der Waals surface area contributed by atoms with E-state index in [1.807, 2.05) is 4.90 Å². The van der Waals surface area contributed by atoms with Gasteiger partial charge in [0.25, 0.3) is 0 Å². The van der Waals surface area contributed by atoms with Crippen LogP contribution in [0.4, 0.5) is 0 Å². The van der Waals surface area contributed by atoms with Gasteiger partial charge in [-0.1, -0.05) is 13.3 Å². The van der Waals surface area contributed by atoms with Gasteiger partial charge in [0.1, 0.15) is 0 Å². The van der Waals surface area contributed by atoms with Crippen molar-refractivity contribution >= 4 is 5.91 Å². The second-order valence-electron chi connectivity index (χ2n) is 6.07. The van der Waals surface area contributed by atoms with Gasteiger partial charge in [0, 0.05) is 32.1 Å². The maximum absolute atomic E-state index is 12.2. The lowest BCUT2D eigenvalue weighted by Crippen LogP contribution is -2.47. The molecule has 0 aromatic rings. The van der Waals surface area contributed by atoms with Crippen LogP contribution in [0, 0.1) is 5.92 Å². The molecular weight excluding hydrogens is 238 g/mol. The average Bonchev–Trinajstić information content (AvgIpc) is 2.99. The molecule has 19 heavy (non-hydrogen) atoms. The summed E-state index contributed by atoms with van der Waals surface area (Å²) in [7, 11) is 0. The highest BCUT2D eigenvalue weighted by atomic mass is 16.2. The molecule has 0 aromatic heterocycles. The minimum absolute atomic E-state index is 0.255. The highest BCUT2D eigenvalue weighted by Gasteiger charge is 2.27. The number of nitrogens with two attached hydrogens (primary N) is 1. The molecule has 1 amide bonds. The van der Waals surface area contributed by atoms with Crippen molar-refractivity contribution in [2.75, 3.05) is 32.7 Å². The molecule has 4 heteroatoms. The first kappa shape index (κ1) is 14.8. The number of rotatable bonds is 5. The van der Waals surface area contributed by atoms with E-state index in [1.54, 1.807) is 0 Å². The number of nitrogens with zero attached hydrogens (tertiary/aromatic N) is 2. The van der Waals surface area contributed by atoms with Gasteiger partial charge in [-0.05, 0) is 44.7 Å².